The van der Waals surface area contributed by atoms with Crippen molar-refractivity contribution in [2.45, 2.75) is 25.8 Å². The molecule has 17 nitrogen and oxygen atoms in total. The van der Waals surface area contributed by atoms with Crippen LogP contribution in [0.5, 0.6) is 0 Å². The largest absolute Gasteiger partial charge is 0.459 e. The fraction of sp³-hybridized carbons (Fsp3) is 0.412. The molecular weight excluding hydrogens is 778 g/mol. The summed E-state index contributed by atoms with van der Waals surface area (Å²) in [6.07, 6.45) is 0. The Balaban J connectivity index is 0.000000289. The minimum Gasteiger partial charge on any atom is -0.459 e. The second-order valence-corrected chi connectivity index (χ2v) is 9.64. The number of nitro groups is 3. The minimum absolute atomic E-state index is 0.0978. The van der Waals surface area contributed by atoms with Gasteiger partial charge in [-0.15, -0.1) is 0 Å². The number of rotatable bonds is 6. The van der Waals surface area contributed by atoms with Crippen LogP contribution < -0.4 is 0 Å². The van der Waals surface area contributed by atoms with Gasteiger partial charge in [0.15, 0.2) is 5.69 Å². The fourth-order valence-electron chi connectivity index (χ4n) is 2.45. The molecule has 0 fully saturated rings. The maximum Gasteiger partial charge on any atom is 0.389 e. The normalized spacial score (nSPS) is 10.1. The van der Waals surface area contributed by atoms with Crippen LogP contribution in [-0.4, -0.2) is 49.4 Å². The number of hydrogen-bond donors (Lipinski definition) is 0. The molecule has 0 aliphatic carbocycles. The van der Waals surface area contributed by atoms with Crippen molar-refractivity contribution in [2.24, 2.45) is 21.1 Å². The van der Waals surface area contributed by atoms with Crippen LogP contribution in [0.25, 0.3) is 0 Å². The zero-order chi connectivity index (χ0) is 29.5. The van der Waals surface area contributed by atoms with Gasteiger partial charge >= 0.3 is 23.4 Å². The lowest BCUT2D eigenvalue weighted by molar-refractivity contribution is -0.390. The standard InChI is InChI=1S/C7H8BrN3O4.C5H5Br2N3O2.C5H6BrN3O2/c1-4(12)15-3-5-6(11(13)14)9-7(8)10(5)2;1-9-3(2-6)4(10(11)12)8-5(9)7;1-3-4(9(10)11)7-5(6)8(3)2/h3H2,1-2H3;2H2,1H3;1-2H3. The van der Waals surface area contributed by atoms with Crippen molar-refractivity contribution in [3.8, 4) is 0 Å². The molecule has 0 saturated carbocycles. The fourth-order valence-corrected chi connectivity index (χ4v) is 4.28. The van der Waals surface area contributed by atoms with E-state index in [0.29, 0.717) is 30.9 Å². The molecule has 3 aromatic rings. The van der Waals surface area contributed by atoms with E-state index in [4.69, 9.17) is 0 Å². The Labute approximate surface area is 247 Å². The van der Waals surface area contributed by atoms with E-state index in [1.54, 1.807) is 37.2 Å². The molecule has 0 amide bonds. The lowest BCUT2D eigenvalue weighted by atomic mass is 10.4. The summed E-state index contributed by atoms with van der Waals surface area (Å²) in [6, 6.07) is 0. The SMILES string of the molecule is CC(=O)OCc1c([N+](=O)[O-])nc(Br)n1C.Cc1c([N+](=O)[O-])nc(Br)n1C.Cn1c(Br)nc([N+](=O)[O-])c1CBr. The van der Waals surface area contributed by atoms with Gasteiger partial charge in [-0.1, -0.05) is 15.9 Å². The van der Waals surface area contributed by atoms with Crippen molar-refractivity contribution in [1.82, 2.24) is 28.7 Å². The number of hydrogen-bond acceptors (Lipinski definition) is 11. The van der Waals surface area contributed by atoms with E-state index in [2.05, 4.69) is 83.4 Å². The average Bonchev–Trinajstić information content (AvgIpc) is 3.39. The number of ether oxygens (including phenoxy) is 1. The number of halogens is 4. The predicted molar refractivity (Wildman–Crippen MR) is 146 cm³/mol. The average molecular weight is 797 g/mol. The number of aromatic nitrogens is 6. The van der Waals surface area contributed by atoms with Gasteiger partial charge in [0.2, 0.25) is 0 Å². The van der Waals surface area contributed by atoms with Crippen LogP contribution in [0, 0.1) is 37.3 Å². The van der Waals surface area contributed by atoms with Crippen LogP contribution in [0.15, 0.2) is 14.2 Å². The molecule has 0 atom stereocenters. The number of carbonyl (C=O) groups is 1. The van der Waals surface area contributed by atoms with Gasteiger partial charge in [0.1, 0.15) is 18.0 Å². The smallest absolute Gasteiger partial charge is 0.389 e. The summed E-state index contributed by atoms with van der Waals surface area (Å²) in [5.41, 5.74) is 1.33. The molecule has 0 unspecified atom stereocenters. The number of esters is 1. The van der Waals surface area contributed by atoms with Gasteiger partial charge in [-0.05, 0) is 36.6 Å². The van der Waals surface area contributed by atoms with E-state index in [1.807, 2.05) is 0 Å². The maximum absolute atomic E-state index is 10.6. The number of alkyl halides is 1. The van der Waals surface area contributed by atoms with Gasteiger partial charge in [-0.2, -0.15) is 0 Å². The van der Waals surface area contributed by atoms with Crippen molar-refractivity contribution >= 4 is 87.1 Å². The molecule has 0 aliphatic heterocycles. The highest BCUT2D eigenvalue weighted by atomic mass is 79.9. The van der Waals surface area contributed by atoms with E-state index < -0.39 is 20.7 Å². The van der Waals surface area contributed by atoms with Gasteiger partial charge in [0.25, 0.3) is 14.2 Å². The first-order valence-electron chi connectivity index (χ1n) is 9.78. The van der Waals surface area contributed by atoms with Gasteiger partial charge < -0.3 is 35.1 Å². The number of nitrogens with zero attached hydrogens (tertiary/aromatic N) is 9. The molecule has 208 valence electrons. The summed E-state index contributed by atoms with van der Waals surface area (Å²) in [4.78, 5) is 51.4. The van der Waals surface area contributed by atoms with E-state index in [1.165, 1.54) is 11.5 Å². The molecule has 0 spiro atoms. The molecule has 0 N–H and O–H groups in total. The first kappa shape index (κ1) is 33.2. The Morgan fingerprint density at radius 2 is 1.16 bits per heavy atom. The topological polar surface area (TPSA) is 209 Å². The Kier molecular flexibility index (Phi) is 12.6. The van der Waals surface area contributed by atoms with Crippen LogP contribution in [0.3, 0.4) is 0 Å². The van der Waals surface area contributed by atoms with Gasteiger partial charge in [-0.25, -0.2) is 0 Å². The van der Waals surface area contributed by atoms with E-state index in [0.717, 1.165) is 0 Å². The Hall–Kier alpha value is -2.78. The van der Waals surface area contributed by atoms with Crippen molar-refractivity contribution in [2.75, 3.05) is 0 Å². The minimum atomic E-state index is -0.621. The zero-order valence-corrected chi connectivity index (χ0v) is 26.6. The second-order valence-electron chi connectivity index (χ2n) is 6.95. The van der Waals surface area contributed by atoms with Gasteiger partial charge in [0.05, 0.1) is 5.33 Å². The third-order valence-electron chi connectivity index (χ3n) is 4.64. The summed E-state index contributed by atoms with van der Waals surface area (Å²) in [7, 11) is 5.00. The monoisotopic (exact) mass is 793 g/mol. The molecule has 0 bridgehead atoms. The highest BCUT2D eigenvalue weighted by Gasteiger charge is 2.25. The van der Waals surface area contributed by atoms with Crippen LogP contribution in [-0.2, 0) is 42.6 Å². The molecule has 38 heavy (non-hydrogen) atoms. The lowest BCUT2D eigenvalue weighted by Gasteiger charge is -2.02. The summed E-state index contributed by atoms with van der Waals surface area (Å²) >= 11 is 12.4. The van der Waals surface area contributed by atoms with E-state index >= 15 is 0 Å². The molecular formula is C17H19Br4N9O8. The Bertz CT molecular complexity index is 1370. The highest BCUT2D eigenvalue weighted by Crippen LogP contribution is 2.24. The first-order valence-corrected chi connectivity index (χ1v) is 13.3. The summed E-state index contributed by atoms with van der Waals surface area (Å²) < 4.78 is 10.6. The van der Waals surface area contributed by atoms with E-state index in [9.17, 15) is 35.1 Å². The van der Waals surface area contributed by atoms with Crippen molar-refractivity contribution in [3.63, 3.8) is 0 Å². The Morgan fingerprint density at radius 3 is 1.45 bits per heavy atom. The van der Waals surface area contributed by atoms with Crippen LogP contribution >= 0.6 is 63.7 Å². The third kappa shape index (κ3) is 8.36. The molecule has 0 saturated heterocycles. The molecule has 0 radical (unpaired) electrons. The second kappa shape index (κ2) is 14.4. The third-order valence-corrected chi connectivity index (χ3v) is 7.29. The molecule has 3 heterocycles. The number of carbonyl (C=O) groups excluding carboxylic acids is 1. The quantitative estimate of drug-likeness (QED) is 0.146. The molecule has 0 aliphatic rings. The van der Waals surface area contributed by atoms with Gasteiger partial charge in [0, 0.05) is 75.9 Å². The van der Waals surface area contributed by atoms with Crippen molar-refractivity contribution in [3.05, 3.63) is 61.6 Å². The van der Waals surface area contributed by atoms with Crippen LogP contribution in [0.4, 0.5) is 17.5 Å². The maximum atomic E-state index is 10.6. The van der Waals surface area contributed by atoms with Gasteiger partial charge in [-0.3, -0.25) is 18.5 Å². The van der Waals surface area contributed by atoms with Crippen LogP contribution in [0.2, 0.25) is 0 Å². The van der Waals surface area contributed by atoms with Crippen molar-refractivity contribution < 1.29 is 24.3 Å². The summed E-state index contributed by atoms with van der Waals surface area (Å²) in [5, 5.41) is 31.7. The molecule has 3 aromatic heterocycles. The molecule has 0 aromatic carbocycles. The zero-order valence-electron chi connectivity index (χ0n) is 20.2. The van der Waals surface area contributed by atoms with E-state index in [-0.39, 0.29) is 29.8 Å². The number of imidazole rings is 3. The Morgan fingerprint density at radius 1 is 0.789 bits per heavy atom. The summed E-state index contributed by atoms with van der Waals surface area (Å²) in [6.45, 7) is 2.72. The molecule has 3 rings (SSSR count). The predicted octanol–water partition coefficient (Wildman–Crippen LogP) is 4.54. The van der Waals surface area contributed by atoms with Crippen molar-refractivity contribution in [1.29, 1.82) is 0 Å². The summed E-state index contributed by atoms with van der Waals surface area (Å²) in [5.74, 6) is -1.02. The lowest BCUT2D eigenvalue weighted by Crippen LogP contribution is -2.05. The first-order chi connectivity index (χ1) is 17.5. The highest BCUT2D eigenvalue weighted by molar-refractivity contribution is 9.11. The van der Waals surface area contributed by atoms with Crippen LogP contribution in [0.1, 0.15) is 24.0 Å². The molecule has 21 heteroatoms.